The number of esters is 1. The van der Waals surface area contributed by atoms with Gasteiger partial charge in [0.15, 0.2) is 6.61 Å². The van der Waals surface area contributed by atoms with Crippen molar-refractivity contribution in [1.29, 1.82) is 5.26 Å². The Labute approximate surface area is 167 Å². The van der Waals surface area contributed by atoms with Gasteiger partial charge in [0.25, 0.3) is 11.6 Å². The van der Waals surface area contributed by atoms with E-state index in [0.29, 0.717) is 5.69 Å². The molecule has 2 aromatic carbocycles. The number of aryl methyl sites for hydroxylation is 2. The van der Waals surface area contributed by atoms with Crippen LogP contribution in [0.1, 0.15) is 27.9 Å². The maximum absolute atomic E-state index is 12.6. The lowest BCUT2D eigenvalue weighted by Crippen LogP contribution is -2.35. The van der Waals surface area contributed by atoms with Gasteiger partial charge >= 0.3 is 5.97 Å². The Balaban J connectivity index is 2.15. The third kappa shape index (κ3) is 5.52. The Bertz CT molecular complexity index is 977. The van der Waals surface area contributed by atoms with Gasteiger partial charge in [-0.3, -0.25) is 14.9 Å². The van der Waals surface area contributed by atoms with Crippen molar-refractivity contribution in [3.8, 4) is 6.07 Å². The van der Waals surface area contributed by atoms with E-state index in [1.165, 1.54) is 17.0 Å². The molecule has 0 aromatic heterocycles. The fourth-order valence-corrected chi connectivity index (χ4v) is 2.78. The van der Waals surface area contributed by atoms with Gasteiger partial charge in [-0.2, -0.15) is 5.26 Å². The Kier molecular flexibility index (Phi) is 6.87. The van der Waals surface area contributed by atoms with Crippen molar-refractivity contribution < 1.29 is 19.2 Å². The lowest BCUT2D eigenvalue weighted by molar-refractivity contribution is -0.383. The zero-order valence-electron chi connectivity index (χ0n) is 16.0. The van der Waals surface area contributed by atoms with Crippen LogP contribution in [0.15, 0.2) is 36.4 Å². The maximum Gasteiger partial charge on any atom is 0.338 e. The minimum Gasteiger partial charge on any atom is -0.452 e. The van der Waals surface area contributed by atoms with Gasteiger partial charge in [0, 0.05) is 18.3 Å². The maximum atomic E-state index is 12.6. The number of amides is 1. The molecule has 9 nitrogen and oxygen atoms in total. The highest BCUT2D eigenvalue weighted by Gasteiger charge is 2.20. The number of nitrogens with two attached hydrogens (primary N) is 1. The molecule has 0 aliphatic rings. The van der Waals surface area contributed by atoms with Crippen LogP contribution >= 0.6 is 0 Å². The summed E-state index contributed by atoms with van der Waals surface area (Å²) in [6.07, 6.45) is 0.108. The summed E-state index contributed by atoms with van der Waals surface area (Å²) in [5.74, 6) is -1.40. The Morgan fingerprint density at radius 3 is 2.45 bits per heavy atom. The molecule has 0 spiro atoms. The van der Waals surface area contributed by atoms with Crippen molar-refractivity contribution in [3.63, 3.8) is 0 Å². The van der Waals surface area contributed by atoms with E-state index in [4.69, 9.17) is 15.7 Å². The molecule has 0 atom stereocenters. The second kappa shape index (κ2) is 9.32. The van der Waals surface area contributed by atoms with E-state index in [1.807, 2.05) is 26.0 Å². The van der Waals surface area contributed by atoms with Crippen molar-refractivity contribution >= 4 is 28.9 Å². The third-order valence-electron chi connectivity index (χ3n) is 4.06. The molecule has 0 bridgehead atoms. The summed E-state index contributed by atoms with van der Waals surface area (Å²) in [5, 5.41) is 19.8. The average molecular weight is 396 g/mol. The molecule has 29 heavy (non-hydrogen) atoms. The number of nitro groups is 1. The van der Waals surface area contributed by atoms with Crippen LogP contribution < -0.4 is 10.6 Å². The standard InChI is InChI=1S/C20H20N4O5/c1-13-8-14(2)10-16(9-13)23(7-3-6-21)19(25)12-29-20(26)15-4-5-17(22)18(11-15)24(27)28/h4-5,8-11H,3,7,12,22H2,1-2H3. The zero-order valence-corrected chi connectivity index (χ0v) is 16.0. The number of anilines is 2. The summed E-state index contributed by atoms with van der Waals surface area (Å²) >= 11 is 0. The van der Waals surface area contributed by atoms with Gasteiger partial charge in [-0.15, -0.1) is 0 Å². The van der Waals surface area contributed by atoms with Gasteiger partial charge in [-0.1, -0.05) is 6.07 Å². The minimum atomic E-state index is -0.887. The van der Waals surface area contributed by atoms with E-state index in [-0.39, 0.29) is 24.2 Å². The molecular weight excluding hydrogens is 376 g/mol. The van der Waals surface area contributed by atoms with Crippen LogP contribution in [0, 0.1) is 35.3 Å². The van der Waals surface area contributed by atoms with E-state index in [1.54, 1.807) is 12.1 Å². The number of benzene rings is 2. The van der Waals surface area contributed by atoms with Crippen molar-refractivity contribution in [2.24, 2.45) is 0 Å². The molecule has 0 saturated carbocycles. The van der Waals surface area contributed by atoms with E-state index >= 15 is 0 Å². The highest BCUT2D eigenvalue weighted by Crippen LogP contribution is 2.23. The Hall–Kier alpha value is -3.93. The number of carbonyl (C=O) groups excluding carboxylic acids is 2. The fraction of sp³-hybridized carbons (Fsp3) is 0.250. The highest BCUT2D eigenvalue weighted by molar-refractivity contribution is 5.97. The summed E-state index contributed by atoms with van der Waals surface area (Å²) in [4.78, 5) is 36.5. The van der Waals surface area contributed by atoms with E-state index in [9.17, 15) is 19.7 Å². The summed E-state index contributed by atoms with van der Waals surface area (Å²) in [6.45, 7) is 3.34. The molecule has 1 amide bonds. The van der Waals surface area contributed by atoms with Crippen molar-refractivity contribution in [2.75, 3.05) is 23.8 Å². The number of nitrogen functional groups attached to an aromatic ring is 1. The molecule has 0 aliphatic heterocycles. The number of carbonyl (C=O) groups is 2. The first-order chi connectivity index (χ1) is 13.7. The summed E-state index contributed by atoms with van der Waals surface area (Å²) < 4.78 is 5.03. The minimum absolute atomic E-state index is 0.0832. The SMILES string of the molecule is Cc1cc(C)cc(N(CCC#N)C(=O)COC(=O)c2ccc(N)c([N+](=O)[O-])c2)c1. The van der Waals surface area contributed by atoms with Gasteiger partial charge in [-0.05, 0) is 49.2 Å². The number of hydrogen-bond acceptors (Lipinski definition) is 7. The van der Waals surface area contributed by atoms with Crippen LogP contribution in [0.25, 0.3) is 0 Å². The Morgan fingerprint density at radius 1 is 1.21 bits per heavy atom. The van der Waals surface area contributed by atoms with E-state index in [0.717, 1.165) is 17.2 Å². The van der Waals surface area contributed by atoms with Crippen molar-refractivity contribution in [1.82, 2.24) is 0 Å². The average Bonchev–Trinajstić information content (AvgIpc) is 2.65. The first-order valence-corrected chi connectivity index (χ1v) is 8.69. The van der Waals surface area contributed by atoms with Crippen LogP contribution in [0.4, 0.5) is 17.1 Å². The van der Waals surface area contributed by atoms with E-state index in [2.05, 4.69) is 0 Å². The van der Waals surface area contributed by atoms with Crippen LogP contribution in [-0.4, -0.2) is 30.0 Å². The second-order valence-corrected chi connectivity index (χ2v) is 6.41. The summed E-state index contributed by atoms with van der Waals surface area (Å²) in [6, 6.07) is 11.0. The topological polar surface area (TPSA) is 140 Å². The lowest BCUT2D eigenvalue weighted by Gasteiger charge is -2.22. The molecule has 0 fully saturated rings. The number of nitro benzene ring substituents is 1. The van der Waals surface area contributed by atoms with Gasteiger partial charge < -0.3 is 15.4 Å². The highest BCUT2D eigenvalue weighted by atomic mass is 16.6. The largest absolute Gasteiger partial charge is 0.452 e. The number of rotatable bonds is 7. The predicted molar refractivity (Wildman–Crippen MR) is 106 cm³/mol. The second-order valence-electron chi connectivity index (χ2n) is 6.41. The molecule has 150 valence electrons. The smallest absolute Gasteiger partial charge is 0.338 e. The predicted octanol–water partition coefficient (Wildman–Crippen LogP) is 2.90. The summed E-state index contributed by atoms with van der Waals surface area (Å²) in [5.41, 5.74) is 7.40. The molecule has 0 radical (unpaired) electrons. The molecule has 0 aliphatic carbocycles. The van der Waals surface area contributed by atoms with Gasteiger partial charge in [0.05, 0.1) is 23.0 Å². The molecule has 0 heterocycles. The normalized spacial score (nSPS) is 10.1. The zero-order chi connectivity index (χ0) is 21.6. The molecule has 0 saturated heterocycles. The first kappa shape index (κ1) is 21.4. The molecule has 2 aromatic rings. The van der Waals surface area contributed by atoms with Crippen LogP contribution in [0.3, 0.4) is 0 Å². The monoisotopic (exact) mass is 396 g/mol. The van der Waals surface area contributed by atoms with Crippen LogP contribution in [-0.2, 0) is 9.53 Å². The molecule has 9 heteroatoms. The van der Waals surface area contributed by atoms with Crippen molar-refractivity contribution in [2.45, 2.75) is 20.3 Å². The molecular formula is C20H20N4O5. The van der Waals surface area contributed by atoms with Gasteiger partial charge in [0.2, 0.25) is 0 Å². The van der Waals surface area contributed by atoms with Crippen LogP contribution in [0.2, 0.25) is 0 Å². The summed E-state index contributed by atoms with van der Waals surface area (Å²) in [7, 11) is 0. The number of nitriles is 1. The van der Waals surface area contributed by atoms with Gasteiger partial charge in [0.1, 0.15) is 5.69 Å². The Morgan fingerprint density at radius 2 is 1.86 bits per heavy atom. The van der Waals surface area contributed by atoms with Crippen molar-refractivity contribution in [3.05, 3.63) is 63.2 Å². The third-order valence-corrected chi connectivity index (χ3v) is 4.06. The lowest BCUT2D eigenvalue weighted by atomic mass is 10.1. The molecule has 2 N–H and O–H groups in total. The van der Waals surface area contributed by atoms with E-state index < -0.39 is 29.1 Å². The van der Waals surface area contributed by atoms with Gasteiger partial charge in [-0.25, -0.2) is 4.79 Å². The first-order valence-electron chi connectivity index (χ1n) is 8.69. The molecule has 2 rings (SSSR count). The quantitative estimate of drug-likeness (QED) is 0.328. The fourth-order valence-electron chi connectivity index (χ4n) is 2.78. The number of hydrogen-bond donors (Lipinski definition) is 1. The number of ether oxygens (including phenoxy) is 1. The number of nitrogens with zero attached hydrogens (tertiary/aromatic N) is 3. The van der Waals surface area contributed by atoms with Crippen LogP contribution in [0.5, 0.6) is 0 Å². The molecule has 0 unspecified atom stereocenters.